The van der Waals surface area contributed by atoms with E-state index in [0.29, 0.717) is 0 Å². The summed E-state index contributed by atoms with van der Waals surface area (Å²) in [6, 6.07) is 8.37. The van der Waals surface area contributed by atoms with Crippen molar-refractivity contribution in [3.05, 3.63) is 36.0 Å². The predicted octanol–water partition coefficient (Wildman–Crippen LogP) is 1.89. The summed E-state index contributed by atoms with van der Waals surface area (Å²) in [6.45, 7) is 2.09. The van der Waals surface area contributed by atoms with Gasteiger partial charge in [-0.05, 0) is 12.0 Å². The number of hydrogen-bond acceptors (Lipinski definition) is 3. The van der Waals surface area contributed by atoms with E-state index in [1.165, 1.54) is 5.56 Å². The molecule has 0 saturated heterocycles. The first-order valence-corrected chi connectivity index (χ1v) is 5.43. The molecular formula is C12H16N4. The normalized spacial score (nSPS) is 12.7. The maximum absolute atomic E-state index is 5.96. The van der Waals surface area contributed by atoms with Crippen molar-refractivity contribution in [2.75, 3.05) is 0 Å². The van der Waals surface area contributed by atoms with Gasteiger partial charge in [-0.15, -0.1) is 5.10 Å². The van der Waals surface area contributed by atoms with E-state index in [0.717, 1.165) is 17.7 Å². The van der Waals surface area contributed by atoms with Gasteiger partial charge in [-0.25, -0.2) is 4.68 Å². The Morgan fingerprint density at radius 2 is 2.00 bits per heavy atom. The highest BCUT2D eigenvalue weighted by molar-refractivity contribution is 5.58. The Balaban J connectivity index is 2.30. The summed E-state index contributed by atoms with van der Waals surface area (Å²) < 4.78 is 1.76. The lowest BCUT2D eigenvalue weighted by Gasteiger charge is -2.09. The van der Waals surface area contributed by atoms with Crippen LogP contribution < -0.4 is 5.73 Å². The first kappa shape index (κ1) is 10.8. The topological polar surface area (TPSA) is 56.7 Å². The van der Waals surface area contributed by atoms with Crippen LogP contribution in [0.5, 0.6) is 0 Å². The first-order chi connectivity index (χ1) is 7.72. The zero-order valence-electron chi connectivity index (χ0n) is 9.59. The highest BCUT2D eigenvalue weighted by Gasteiger charge is 2.06. The molecule has 84 valence electrons. The molecule has 1 atom stereocenters. The molecule has 1 unspecified atom stereocenters. The summed E-state index contributed by atoms with van der Waals surface area (Å²) in [4.78, 5) is 0. The van der Waals surface area contributed by atoms with Crippen molar-refractivity contribution in [1.29, 1.82) is 0 Å². The van der Waals surface area contributed by atoms with E-state index < -0.39 is 0 Å². The fourth-order valence-electron chi connectivity index (χ4n) is 1.69. The molecule has 0 saturated carbocycles. The number of nitrogens with two attached hydrogens (primary N) is 1. The molecule has 1 aromatic carbocycles. The third-order valence-corrected chi connectivity index (χ3v) is 2.79. The molecule has 2 rings (SSSR count). The highest BCUT2D eigenvalue weighted by atomic mass is 15.4. The van der Waals surface area contributed by atoms with Crippen LogP contribution in [-0.2, 0) is 7.05 Å². The third kappa shape index (κ3) is 1.97. The third-order valence-electron chi connectivity index (χ3n) is 2.79. The maximum atomic E-state index is 5.96. The van der Waals surface area contributed by atoms with E-state index in [2.05, 4.69) is 41.5 Å². The zero-order chi connectivity index (χ0) is 11.5. The smallest absolute Gasteiger partial charge is 0.0882 e. The molecule has 2 aromatic rings. The number of aryl methyl sites for hydroxylation is 1. The Labute approximate surface area is 95.1 Å². The van der Waals surface area contributed by atoms with Crippen LogP contribution in [0.4, 0.5) is 0 Å². The number of rotatable bonds is 3. The fourth-order valence-corrected chi connectivity index (χ4v) is 1.69. The van der Waals surface area contributed by atoms with Crippen molar-refractivity contribution in [3.63, 3.8) is 0 Å². The van der Waals surface area contributed by atoms with Crippen molar-refractivity contribution in [2.45, 2.75) is 19.4 Å². The van der Waals surface area contributed by atoms with Gasteiger partial charge >= 0.3 is 0 Å². The van der Waals surface area contributed by atoms with Crippen LogP contribution in [-0.4, -0.2) is 15.0 Å². The lowest BCUT2D eigenvalue weighted by molar-refractivity contribution is 0.698. The second kappa shape index (κ2) is 4.45. The molecule has 1 aromatic heterocycles. The van der Waals surface area contributed by atoms with Gasteiger partial charge in [0.05, 0.1) is 11.9 Å². The van der Waals surface area contributed by atoms with Gasteiger partial charge in [0.15, 0.2) is 0 Å². The van der Waals surface area contributed by atoms with Gasteiger partial charge in [0.25, 0.3) is 0 Å². The van der Waals surface area contributed by atoms with Gasteiger partial charge < -0.3 is 5.73 Å². The van der Waals surface area contributed by atoms with E-state index in [1.54, 1.807) is 10.9 Å². The molecule has 0 aliphatic rings. The number of nitrogens with zero attached hydrogens (tertiary/aromatic N) is 3. The maximum Gasteiger partial charge on any atom is 0.0882 e. The van der Waals surface area contributed by atoms with Crippen LogP contribution in [0.1, 0.15) is 24.9 Å². The largest absolute Gasteiger partial charge is 0.324 e. The van der Waals surface area contributed by atoms with Crippen molar-refractivity contribution in [3.8, 4) is 11.3 Å². The quantitative estimate of drug-likeness (QED) is 0.852. The lowest BCUT2D eigenvalue weighted by Crippen LogP contribution is -2.08. The average Bonchev–Trinajstić information content (AvgIpc) is 2.75. The van der Waals surface area contributed by atoms with Crippen molar-refractivity contribution in [2.24, 2.45) is 12.8 Å². The van der Waals surface area contributed by atoms with Gasteiger partial charge in [-0.3, -0.25) is 0 Å². The Morgan fingerprint density at radius 3 is 2.50 bits per heavy atom. The SMILES string of the molecule is CCC(N)c1ccc(-c2cnnn2C)cc1. The fraction of sp³-hybridized carbons (Fsp3) is 0.333. The lowest BCUT2D eigenvalue weighted by atomic mass is 10.0. The minimum atomic E-state index is 0.124. The van der Waals surface area contributed by atoms with Gasteiger partial charge in [0.1, 0.15) is 0 Å². The minimum absolute atomic E-state index is 0.124. The monoisotopic (exact) mass is 216 g/mol. The van der Waals surface area contributed by atoms with Gasteiger partial charge in [0.2, 0.25) is 0 Å². The van der Waals surface area contributed by atoms with E-state index in [4.69, 9.17) is 5.73 Å². The first-order valence-electron chi connectivity index (χ1n) is 5.43. The van der Waals surface area contributed by atoms with Crippen LogP contribution in [0.3, 0.4) is 0 Å². The molecule has 0 fully saturated rings. The number of benzene rings is 1. The predicted molar refractivity (Wildman–Crippen MR) is 63.7 cm³/mol. The Hall–Kier alpha value is -1.68. The van der Waals surface area contributed by atoms with Crippen molar-refractivity contribution < 1.29 is 0 Å². The molecule has 4 heteroatoms. The summed E-state index contributed by atoms with van der Waals surface area (Å²) >= 11 is 0. The van der Waals surface area contributed by atoms with Crippen molar-refractivity contribution in [1.82, 2.24) is 15.0 Å². The minimum Gasteiger partial charge on any atom is -0.324 e. The average molecular weight is 216 g/mol. The molecule has 0 spiro atoms. The van der Waals surface area contributed by atoms with Crippen LogP contribution in [0.2, 0.25) is 0 Å². The summed E-state index contributed by atoms with van der Waals surface area (Å²) in [5.41, 5.74) is 9.25. The molecule has 16 heavy (non-hydrogen) atoms. The van der Waals surface area contributed by atoms with Crippen LogP contribution >= 0.6 is 0 Å². The standard InChI is InChI=1S/C12H16N4/c1-3-11(13)9-4-6-10(7-5-9)12-8-14-15-16(12)2/h4-8,11H,3,13H2,1-2H3. The summed E-state index contributed by atoms with van der Waals surface area (Å²) in [5, 5.41) is 7.77. The Kier molecular flexibility index (Phi) is 3.01. The molecule has 4 nitrogen and oxygen atoms in total. The van der Waals surface area contributed by atoms with Crippen LogP contribution in [0.15, 0.2) is 30.5 Å². The summed E-state index contributed by atoms with van der Waals surface area (Å²) in [7, 11) is 1.88. The van der Waals surface area contributed by atoms with E-state index in [9.17, 15) is 0 Å². The van der Waals surface area contributed by atoms with E-state index in [1.807, 2.05) is 7.05 Å². The summed E-state index contributed by atoms with van der Waals surface area (Å²) in [5.74, 6) is 0. The number of aromatic nitrogens is 3. The second-order valence-electron chi connectivity index (χ2n) is 3.88. The van der Waals surface area contributed by atoms with Gasteiger partial charge in [-0.1, -0.05) is 36.4 Å². The van der Waals surface area contributed by atoms with E-state index >= 15 is 0 Å². The van der Waals surface area contributed by atoms with Gasteiger partial charge in [-0.2, -0.15) is 0 Å². The van der Waals surface area contributed by atoms with E-state index in [-0.39, 0.29) is 6.04 Å². The highest BCUT2D eigenvalue weighted by Crippen LogP contribution is 2.20. The number of hydrogen-bond donors (Lipinski definition) is 1. The molecule has 0 aliphatic carbocycles. The molecule has 0 bridgehead atoms. The molecule has 2 N–H and O–H groups in total. The zero-order valence-corrected chi connectivity index (χ0v) is 9.59. The Morgan fingerprint density at radius 1 is 1.31 bits per heavy atom. The molecule has 1 heterocycles. The van der Waals surface area contributed by atoms with Gasteiger partial charge in [0, 0.05) is 18.7 Å². The van der Waals surface area contributed by atoms with Crippen LogP contribution in [0, 0.1) is 0 Å². The second-order valence-corrected chi connectivity index (χ2v) is 3.88. The Bertz CT molecular complexity index is 458. The molecule has 0 amide bonds. The van der Waals surface area contributed by atoms with Crippen molar-refractivity contribution >= 4 is 0 Å². The summed E-state index contributed by atoms with van der Waals surface area (Å²) in [6.07, 6.45) is 2.71. The molecule has 0 radical (unpaired) electrons. The molecule has 0 aliphatic heterocycles. The van der Waals surface area contributed by atoms with Crippen LogP contribution in [0.25, 0.3) is 11.3 Å². The molecular weight excluding hydrogens is 200 g/mol.